The number of halogens is 1. The SMILES string of the molecule is CC(=O)[C@@H](CC(C)(C)N)c1ccc(Cl)cc1. The Labute approximate surface area is 102 Å². The monoisotopic (exact) mass is 239 g/mol. The van der Waals surface area contributed by atoms with Gasteiger partial charge in [-0.05, 0) is 44.9 Å². The van der Waals surface area contributed by atoms with Gasteiger partial charge in [0.2, 0.25) is 0 Å². The second kappa shape index (κ2) is 4.98. The maximum atomic E-state index is 11.6. The lowest BCUT2D eigenvalue weighted by molar-refractivity contribution is -0.118. The Morgan fingerprint density at radius 3 is 2.25 bits per heavy atom. The molecule has 0 fully saturated rings. The third-order valence-electron chi connectivity index (χ3n) is 2.49. The molecular formula is C13H18ClNO. The zero-order valence-corrected chi connectivity index (χ0v) is 10.7. The fraction of sp³-hybridized carbons (Fsp3) is 0.462. The van der Waals surface area contributed by atoms with Crippen LogP contribution >= 0.6 is 11.6 Å². The summed E-state index contributed by atoms with van der Waals surface area (Å²) in [7, 11) is 0. The minimum atomic E-state index is -0.351. The second-order valence-electron chi connectivity index (χ2n) is 4.91. The molecule has 2 nitrogen and oxygen atoms in total. The molecule has 0 aromatic heterocycles. The number of nitrogens with two attached hydrogens (primary N) is 1. The number of benzene rings is 1. The lowest BCUT2D eigenvalue weighted by atomic mass is 9.84. The predicted octanol–water partition coefficient (Wildman–Crippen LogP) is 3.14. The number of rotatable bonds is 4. The summed E-state index contributed by atoms with van der Waals surface area (Å²) in [6.07, 6.45) is 0.643. The van der Waals surface area contributed by atoms with E-state index in [1.165, 1.54) is 0 Å². The van der Waals surface area contributed by atoms with E-state index in [2.05, 4.69) is 0 Å². The average molecular weight is 240 g/mol. The minimum absolute atomic E-state index is 0.140. The molecule has 0 unspecified atom stereocenters. The van der Waals surface area contributed by atoms with Crippen LogP contribution in [0.2, 0.25) is 5.02 Å². The van der Waals surface area contributed by atoms with Crippen LogP contribution in [0, 0.1) is 0 Å². The van der Waals surface area contributed by atoms with Gasteiger partial charge in [-0.3, -0.25) is 4.79 Å². The normalized spacial score (nSPS) is 13.6. The largest absolute Gasteiger partial charge is 0.326 e. The molecule has 0 aliphatic carbocycles. The highest BCUT2D eigenvalue weighted by Crippen LogP contribution is 2.26. The number of Topliss-reactive ketones (excluding diaryl/α,β-unsaturated/α-hetero) is 1. The maximum absolute atomic E-state index is 11.6. The van der Waals surface area contributed by atoms with Crippen LogP contribution in [-0.4, -0.2) is 11.3 Å². The molecule has 0 saturated heterocycles. The molecule has 0 radical (unpaired) electrons. The van der Waals surface area contributed by atoms with Crippen LogP contribution in [-0.2, 0) is 4.79 Å². The molecule has 0 bridgehead atoms. The van der Waals surface area contributed by atoms with Crippen molar-refractivity contribution in [3.63, 3.8) is 0 Å². The molecule has 1 atom stereocenters. The summed E-state index contributed by atoms with van der Waals surface area (Å²) in [5, 5.41) is 0.679. The van der Waals surface area contributed by atoms with Gasteiger partial charge in [-0.25, -0.2) is 0 Å². The van der Waals surface area contributed by atoms with Crippen molar-refractivity contribution in [1.82, 2.24) is 0 Å². The van der Waals surface area contributed by atoms with Crippen LogP contribution in [0.4, 0.5) is 0 Å². The Hall–Kier alpha value is -0.860. The van der Waals surface area contributed by atoms with Gasteiger partial charge in [0.15, 0.2) is 0 Å². The number of hydrogen-bond acceptors (Lipinski definition) is 2. The quantitative estimate of drug-likeness (QED) is 0.877. The highest BCUT2D eigenvalue weighted by atomic mass is 35.5. The first-order chi connectivity index (χ1) is 7.29. The molecule has 1 aromatic rings. The van der Waals surface area contributed by atoms with Crippen molar-refractivity contribution in [1.29, 1.82) is 0 Å². The molecule has 16 heavy (non-hydrogen) atoms. The van der Waals surface area contributed by atoms with E-state index in [0.717, 1.165) is 5.56 Å². The Kier molecular flexibility index (Phi) is 4.11. The summed E-state index contributed by atoms with van der Waals surface area (Å²) < 4.78 is 0. The summed E-state index contributed by atoms with van der Waals surface area (Å²) in [6, 6.07) is 7.38. The molecule has 0 aliphatic heterocycles. The van der Waals surface area contributed by atoms with Gasteiger partial charge in [0.1, 0.15) is 5.78 Å². The van der Waals surface area contributed by atoms with Crippen LogP contribution in [0.25, 0.3) is 0 Å². The third kappa shape index (κ3) is 3.95. The molecular weight excluding hydrogens is 222 g/mol. The molecule has 1 aromatic carbocycles. The van der Waals surface area contributed by atoms with Crippen molar-refractivity contribution in [3.05, 3.63) is 34.9 Å². The Bertz CT molecular complexity index is 365. The summed E-state index contributed by atoms with van der Waals surface area (Å²) in [5.41, 5.74) is 6.59. The maximum Gasteiger partial charge on any atom is 0.137 e. The molecule has 0 amide bonds. The highest BCUT2D eigenvalue weighted by Gasteiger charge is 2.23. The van der Waals surface area contributed by atoms with Crippen LogP contribution in [0.3, 0.4) is 0 Å². The number of ketones is 1. The molecule has 0 aliphatic rings. The molecule has 0 spiro atoms. The van der Waals surface area contributed by atoms with Crippen molar-refractivity contribution < 1.29 is 4.79 Å². The second-order valence-corrected chi connectivity index (χ2v) is 5.34. The van der Waals surface area contributed by atoms with E-state index < -0.39 is 0 Å². The van der Waals surface area contributed by atoms with E-state index in [1.807, 2.05) is 26.0 Å². The van der Waals surface area contributed by atoms with E-state index >= 15 is 0 Å². The molecule has 1 rings (SSSR count). The van der Waals surface area contributed by atoms with Gasteiger partial charge < -0.3 is 5.73 Å². The summed E-state index contributed by atoms with van der Waals surface area (Å²) >= 11 is 5.82. The van der Waals surface area contributed by atoms with Crippen molar-refractivity contribution in [2.24, 2.45) is 5.73 Å². The number of carbonyl (C=O) groups is 1. The van der Waals surface area contributed by atoms with Gasteiger partial charge >= 0.3 is 0 Å². The van der Waals surface area contributed by atoms with Crippen molar-refractivity contribution >= 4 is 17.4 Å². The minimum Gasteiger partial charge on any atom is -0.326 e. The predicted molar refractivity (Wildman–Crippen MR) is 67.8 cm³/mol. The van der Waals surface area contributed by atoms with Crippen molar-refractivity contribution in [3.8, 4) is 0 Å². The summed E-state index contributed by atoms with van der Waals surface area (Å²) in [5.74, 6) is -0.00175. The first-order valence-electron chi connectivity index (χ1n) is 5.34. The van der Waals surface area contributed by atoms with E-state index in [9.17, 15) is 4.79 Å². The van der Waals surface area contributed by atoms with Gasteiger partial charge in [0.05, 0.1) is 0 Å². The van der Waals surface area contributed by atoms with E-state index in [0.29, 0.717) is 11.4 Å². The zero-order valence-electron chi connectivity index (χ0n) is 9.96. The van der Waals surface area contributed by atoms with E-state index in [4.69, 9.17) is 17.3 Å². The molecule has 2 N–H and O–H groups in total. The average Bonchev–Trinajstić information content (AvgIpc) is 2.14. The van der Waals surface area contributed by atoms with Gasteiger partial charge in [0.25, 0.3) is 0 Å². The first-order valence-corrected chi connectivity index (χ1v) is 5.72. The van der Waals surface area contributed by atoms with Gasteiger partial charge in [-0.2, -0.15) is 0 Å². The van der Waals surface area contributed by atoms with Crippen molar-refractivity contribution in [2.45, 2.75) is 38.6 Å². The number of hydrogen-bond donors (Lipinski definition) is 1. The lowest BCUT2D eigenvalue weighted by Crippen LogP contribution is -2.35. The fourth-order valence-electron chi connectivity index (χ4n) is 1.72. The highest BCUT2D eigenvalue weighted by molar-refractivity contribution is 6.30. The summed E-state index contributed by atoms with van der Waals surface area (Å²) in [6.45, 7) is 5.46. The van der Waals surface area contributed by atoms with E-state index in [1.54, 1.807) is 19.1 Å². The Balaban J connectivity index is 2.94. The van der Waals surface area contributed by atoms with Crippen LogP contribution in [0.5, 0.6) is 0 Å². The number of carbonyl (C=O) groups excluding carboxylic acids is 1. The van der Waals surface area contributed by atoms with Gasteiger partial charge in [-0.15, -0.1) is 0 Å². The Morgan fingerprint density at radius 2 is 1.88 bits per heavy atom. The zero-order chi connectivity index (χ0) is 12.3. The summed E-state index contributed by atoms with van der Waals surface area (Å²) in [4.78, 5) is 11.6. The standard InChI is InChI=1S/C13H18ClNO/c1-9(16)12(8-13(2,3)15)10-4-6-11(14)7-5-10/h4-7,12H,8,15H2,1-3H3/t12-/m1/s1. The Morgan fingerprint density at radius 1 is 1.38 bits per heavy atom. The first kappa shape index (κ1) is 13.2. The third-order valence-corrected chi connectivity index (χ3v) is 2.75. The van der Waals surface area contributed by atoms with Gasteiger partial charge in [-0.1, -0.05) is 23.7 Å². The smallest absolute Gasteiger partial charge is 0.137 e. The van der Waals surface area contributed by atoms with Crippen LogP contribution < -0.4 is 5.73 Å². The molecule has 0 heterocycles. The molecule has 0 saturated carbocycles. The lowest BCUT2D eigenvalue weighted by Gasteiger charge is -2.24. The van der Waals surface area contributed by atoms with Gasteiger partial charge in [0, 0.05) is 16.5 Å². The van der Waals surface area contributed by atoms with Crippen LogP contribution in [0.15, 0.2) is 24.3 Å². The molecule has 3 heteroatoms. The van der Waals surface area contributed by atoms with Crippen LogP contribution in [0.1, 0.15) is 38.7 Å². The molecule has 88 valence electrons. The topological polar surface area (TPSA) is 43.1 Å². The van der Waals surface area contributed by atoms with E-state index in [-0.39, 0.29) is 17.2 Å². The van der Waals surface area contributed by atoms with Crippen molar-refractivity contribution in [2.75, 3.05) is 0 Å². The fourth-order valence-corrected chi connectivity index (χ4v) is 1.84.